The predicted octanol–water partition coefficient (Wildman–Crippen LogP) is 3.56. The van der Waals surface area contributed by atoms with Crippen molar-refractivity contribution in [1.82, 2.24) is 9.80 Å². The zero-order valence-electron chi connectivity index (χ0n) is 22.4. The van der Waals surface area contributed by atoms with E-state index in [0.29, 0.717) is 24.1 Å². The molecule has 202 valence electrons. The summed E-state index contributed by atoms with van der Waals surface area (Å²) in [6.07, 6.45) is 7.94. The van der Waals surface area contributed by atoms with Gasteiger partial charge in [-0.25, -0.2) is 0 Å². The summed E-state index contributed by atoms with van der Waals surface area (Å²) in [6.45, 7) is 7.15. The molecule has 2 amide bonds. The number of nitrogens with zero attached hydrogens (tertiary/aromatic N) is 2. The summed E-state index contributed by atoms with van der Waals surface area (Å²) in [5.41, 5.74) is 8.29. The highest BCUT2D eigenvalue weighted by molar-refractivity contribution is 7.99. The molecule has 1 aliphatic carbocycles. The van der Waals surface area contributed by atoms with Crippen molar-refractivity contribution in [2.75, 3.05) is 32.5 Å². The first-order valence-electron chi connectivity index (χ1n) is 14.0. The van der Waals surface area contributed by atoms with E-state index in [0.717, 1.165) is 57.2 Å². The molecule has 3 aliphatic heterocycles. The largest absolute Gasteiger partial charge is 0.367 e. The number of likely N-dealkylation sites (tertiary alicyclic amines) is 2. The van der Waals surface area contributed by atoms with Crippen molar-refractivity contribution in [3.05, 3.63) is 34.9 Å². The Hall–Kier alpha value is -1.90. The van der Waals surface area contributed by atoms with E-state index in [1.54, 1.807) is 16.7 Å². The summed E-state index contributed by atoms with van der Waals surface area (Å²) in [4.78, 5) is 44.2. The number of nitrogens with two attached hydrogens (primary N) is 1. The maximum atomic E-state index is 14.4. The number of ether oxygens (including phenoxy) is 1. The van der Waals surface area contributed by atoms with E-state index < -0.39 is 17.9 Å². The fraction of sp³-hybridized carbons (Fsp3) is 0.690. The Bertz CT molecular complexity index is 1030. The second kappa shape index (κ2) is 11.1. The molecule has 2 N–H and O–H groups in total. The van der Waals surface area contributed by atoms with Gasteiger partial charge in [-0.3, -0.25) is 14.4 Å². The molecule has 1 saturated carbocycles. The van der Waals surface area contributed by atoms with E-state index in [1.165, 1.54) is 5.56 Å². The lowest BCUT2D eigenvalue weighted by atomic mass is 9.78. The molecular weight excluding hydrogens is 486 g/mol. The quantitative estimate of drug-likeness (QED) is 0.583. The Labute approximate surface area is 224 Å². The lowest BCUT2D eigenvalue weighted by Crippen LogP contribution is -2.45. The molecular formula is C29H41N3O4S. The number of piperidine rings is 1. The third-order valence-corrected chi connectivity index (χ3v) is 10.3. The van der Waals surface area contributed by atoms with E-state index in [2.05, 4.69) is 24.8 Å². The number of hydrogen-bond donors (Lipinski definition) is 1. The summed E-state index contributed by atoms with van der Waals surface area (Å²) in [7, 11) is 0. The highest BCUT2D eigenvalue weighted by atomic mass is 32.2. The van der Waals surface area contributed by atoms with Crippen LogP contribution in [0.1, 0.15) is 85.7 Å². The van der Waals surface area contributed by atoms with Gasteiger partial charge in [0.2, 0.25) is 11.8 Å². The first kappa shape index (κ1) is 26.7. The van der Waals surface area contributed by atoms with Crippen molar-refractivity contribution in [3.8, 4) is 0 Å². The molecule has 0 bridgehead atoms. The Morgan fingerprint density at radius 2 is 1.81 bits per heavy atom. The molecule has 4 atom stereocenters. The minimum Gasteiger partial charge on any atom is -0.367 e. The third kappa shape index (κ3) is 5.09. The van der Waals surface area contributed by atoms with Crippen LogP contribution in [0.4, 0.5) is 0 Å². The monoisotopic (exact) mass is 527 g/mol. The summed E-state index contributed by atoms with van der Waals surface area (Å²) in [6, 6.07) is 6.02. The van der Waals surface area contributed by atoms with Crippen LogP contribution in [-0.4, -0.2) is 83.3 Å². The number of amides is 2. The first-order valence-corrected chi connectivity index (χ1v) is 15.2. The molecule has 0 spiro atoms. The van der Waals surface area contributed by atoms with E-state index in [9.17, 15) is 14.4 Å². The Kier molecular flexibility index (Phi) is 7.99. The van der Waals surface area contributed by atoms with Crippen molar-refractivity contribution in [3.63, 3.8) is 0 Å². The number of hydrogen-bond acceptors (Lipinski definition) is 6. The molecule has 8 heteroatoms. The van der Waals surface area contributed by atoms with Crippen LogP contribution in [0.3, 0.4) is 0 Å². The van der Waals surface area contributed by atoms with Crippen LogP contribution >= 0.6 is 11.8 Å². The maximum absolute atomic E-state index is 14.4. The number of benzene rings is 1. The van der Waals surface area contributed by atoms with Crippen LogP contribution in [0.25, 0.3) is 0 Å². The number of primary amides is 1. The van der Waals surface area contributed by atoms with Crippen molar-refractivity contribution in [2.24, 2.45) is 11.7 Å². The Morgan fingerprint density at radius 3 is 2.43 bits per heavy atom. The van der Waals surface area contributed by atoms with Crippen LogP contribution in [0.5, 0.6) is 0 Å². The fourth-order valence-corrected chi connectivity index (χ4v) is 7.98. The molecule has 1 aromatic carbocycles. The lowest BCUT2D eigenvalue weighted by molar-refractivity contribution is -0.138. The van der Waals surface area contributed by atoms with Gasteiger partial charge in [0.25, 0.3) is 0 Å². The topological polar surface area (TPSA) is 92.9 Å². The highest BCUT2D eigenvalue weighted by Crippen LogP contribution is 2.44. The van der Waals surface area contributed by atoms with Gasteiger partial charge >= 0.3 is 0 Å². The van der Waals surface area contributed by atoms with Gasteiger partial charge < -0.3 is 20.3 Å². The predicted molar refractivity (Wildman–Crippen MR) is 146 cm³/mol. The lowest BCUT2D eigenvalue weighted by Gasteiger charge is -2.35. The molecule has 1 aromatic rings. The average molecular weight is 528 g/mol. The normalized spacial score (nSPS) is 28.3. The van der Waals surface area contributed by atoms with Crippen molar-refractivity contribution in [1.29, 1.82) is 0 Å². The molecule has 0 radical (unpaired) electrons. The van der Waals surface area contributed by atoms with E-state index >= 15 is 0 Å². The van der Waals surface area contributed by atoms with Crippen molar-refractivity contribution >= 4 is 29.4 Å². The third-order valence-electron chi connectivity index (χ3n) is 9.27. The number of carbonyl (C=O) groups is 3. The highest BCUT2D eigenvalue weighted by Gasteiger charge is 2.53. The van der Waals surface area contributed by atoms with Crippen LogP contribution < -0.4 is 5.73 Å². The van der Waals surface area contributed by atoms with E-state index in [-0.39, 0.29) is 35.6 Å². The number of ketones is 1. The molecule has 4 fully saturated rings. The van der Waals surface area contributed by atoms with Gasteiger partial charge in [-0.15, -0.1) is 0 Å². The number of thioether (sulfide) groups is 1. The molecule has 3 saturated heterocycles. The fourth-order valence-electron chi connectivity index (χ4n) is 7.17. The van der Waals surface area contributed by atoms with Gasteiger partial charge in [0, 0.05) is 18.2 Å². The van der Waals surface area contributed by atoms with Gasteiger partial charge in [-0.05, 0) is 87.9 Å². The zero-order valence-corrected chi connectivity index (χ0v) is 23.2. The van der Waals surface area contributed by atoms with Gasteiger partial charge in [0.05, 0.1) is 17.3 Å². The standard InChI is InChI=1S/C29H41N3O4S/c1-17(2)31-12-10-18(11-13-31)20-8-9-21(28(30)34)22(14-20)25(19-6-4-5-7-19)29(35)32-15-24(37-3)27-26(32)23(33)16-36-27/h8-9,14,17-19,24-27H,4-7,10-13,15-16H2,1-3H3,(H2,30,34)/t24-,25-,26+,27+/m0/s1. The summed E-state index contributed by atoms with van der Waals surface area (Å²) in [5, 5.41) is 0.0812. The summed E-state index contributed by atoms with van der Waals surface area (Å²) >= 11 is 1.65. The van der Waals surface area contributed by atoms with Crippen molar-refractivity contribution < 1.29 is 19.1 Å². The molecule has 3 heterocycles. The molecule has 5 rings (SSSR count). The van der Waals surface area contributed by atoms with Gasteiger partial charge in [0.1, 0.15) is 12.6 Å². The second-order valence-corrected chi connectivity index (χ2v) is 12.7. The minimum atomic E-state index is -0.519. The van der Waals surface area contributed by atoms with Crippen LogP contribution in [0.15, 0.2) is 18.2 Å². The van der Waals surface area contributed by atoms with Crippen LogP contribution in [-0.2, 0) is 14.3 Å². The summed E-state index contributed by atoms with van der Waals surface area (Å²) < 4.78 is 5.83. The Morgan fingerprint density at radius 1 is 1.11 bits per heavy atom. The number of rotatable bonds is 7. The molecule has 7 nitrogen and oxygen atoms in total. The van der Waals surface area contributed by atoms with Crippen LogP contribution in [0, 0.1) is 5.92 Å². The van der Waals surface area contributed by atoms with Gasteiger partial charge in [0.15, 0.2) is 5.78 Å². The maximum Gasteiger partial charge on any atom is 0.249 e. The second-order valence-electron chi connectivity index (χ2n) is 11.6. The first-order chi connectivity index (χ1) is 17.8. The Balaban J connectivity index is 1.50. The minimum absolute atomic E-state index is 0.0131. The SMILES string of the molecule is CS[C@H]1CN(C(=O)[C@H](c2cc(C3CCN(C(C)C)CC3)ccc2C(N)=O)C2CCCC2)[C@@H]2C(=O)CO[C@H]12. The number of fused-ring (bicyclic) bond motifs is 1. The molecule has 0 aromatic heterocycles. The van der Waals surface area contributed by atoms with E-state index in [1.807, 2.05) is 18.4 Å². The average Bonchev–Trinajstić information content (AvgIpc) is 3.63. The molecule has 37 heavy (non-hydrogen) atoms. The smallest absolute Gasteiger partial charge is 0.249 e. The van der Waals surface area contributed by atoms with Crippen molar-refractivity contribution in [2.45, 2.75) is 87.6 Å². The zero-order chi connectivity index (χ0) is 26.3. The number of Topliss-reactive ketones (excluding diaryl/α,β-unsaturated/α-hetero) is 1. The van der Waals surface area contributed by atoms with E-state index in [4.69, 9.17) is 10.5 Å². The molecule has 0 unspecified atom stereocenters. The molecule has 4 aliphatic rings. The van der Waals surface area contributed by atoms with Gasteiger partial charge in [-0.2, -0.15) is 11.8 Å². The number of carbonyl (C=O) groups excluding carboxylic acids is 3. The van der Waals surface area contributed by atoms with Gasteiger partial charge in [-0.1, -0.05) is 25.0 Å². The summed E-state index contributed by atoms with van der Waals surface area (Å²) in [5.74, 6) is -0.457. The van der Waals surface area contributed by atoms with Crippen LogP contribution in [0.2, 0.25) is 0 Å².